The Morgan fingerprint density at radius 2 is 1.57 bits per heavy atom. The molecule has 0 aliphatic heterocycles. The van der Waals surface area contributed by atoms with Gasteiger partial charge in [-0.15, -0.1) is 23.2 Å². The molecule has 0 bridgehead atoms. The molecule has 0 atom stereocenters. The van der Waals surface area contributed by atoms with E-state index in [-0.39, 0.29) is 19.4 Å². The van der Waals surface area contributed by atoms with E-state index in [9.17, 15) is 0 Å². The Morgan fingerprint density at radius 3 is 1.86 bits per heavy atom. The highest BCUT2D eigenvalue weighted by molar-refractivity contribution is 6.61. The summed E-state index contributed by atoms with van der Waals surface area (Å²) < 4.78 is 3.30. The average Bonchev–Trinajstić information content (AvgIpc) is 1.69. The first kappa shape index (κ1) is 7.97. The molecule has 1 nitrogen and oxygen atoms in total. The Hall–Kier alpha value is 0.974. The second-order valence-corrected chi connectivity index (χ2v) is 7.15. The van der Waals surface area contributed by atoms with Gasteiger partial charge in [-0.3, -0.25) is 0 Å². The minimum Gasteiger partial charge on any atom is -0.368 e. The molecule has 0 saturated heterocycles. The molecule has 5 heteroatoms. The average molecular weight is 174 g/mol. The van der Waals surface area contributed by atoms with Crippen LogP contribution in [0.5, 0.6) is 0 Å². The summed E-state index contributed by atoms with van der Waals surface area (Å²) in [6.07, 6.45) is 0. The van der Waals surface area contributed by atoms with E-state index in [2.05, 4.69) is 4.65 Å². The van der Waals surface area contributed by atoms with E-state index in [1.54, 1.807) is 0 Å². The molecule has 0 aromatic rings. The van der Waals surface area contributed by atoms with E-state index in [4.69, 9.17) is 23.2 Å². The predicted molar refractivity (Wildman–Crippen MR) is 41.7 cm³/mol. The van der Waals surface area contributed by atoms with Gasteiger partial charge in [0, 0.05) is 11.0 Å². The normalized spacial score (nSPS) is 12.9. The maximum Gasteiger partial charge on any atom is 0.100 e. The van der Waals surface area contributed by atoms with Crippen LogP contribution in [0.4, 0.5) is 0 Å². The van der Waals surface area contributed by atoms with Crippen LogP contribution in [0.2, 0.25) is 0 Å². The molecule has 0 spiro atoms. The van der Waals surface area contributed by atoms with Crippen molar-refractivity contribution >= 4 is 42.6 Å². The van der Waals surface area contributed by atoms with Crippen molar-refractivity contribution < 1.29 is 0 Å². The highest BCUT2D eigenvalue weighted by Crippen LogP contribution is 1.67. The quantitative estimate of drug-likeness (QED) is 0.332. The molecule has 0 amide bonds. The van der Waals surface area contributed by atoms with Crippen LogP contribution in [0.15, 0.2) is 0 Å². The van der Waals surface area contributed by atoms with E-state index >= 15 is 0 Å². The predicted octanol–water partition coefficient (Wildman–Crippen LogP) is -0.864. The molecule has 0 saturated carbocycles. The van der Waals surface area contributed by atoms with E-state index in [0.29, 0.717) is 0 Å². The van der Waals surface area contributed by atoms with Crippen LogP contribution in [0.1, 0.15) is 0 Å². The summed E-state index contributed by atoms with van der Waals surface area (Å²) in [6, 6.07) is 0. The second kappa shape index (κ2) is 6.97. The smallest absolute Gasteiger partial charge is 0.100 e. The van der Waals surface area contributed by atoms with Gasteiger partial charge in [-0.25, -0.2) is 0 Å². The molecule has 1 N–H and O–H groups in total. The first-order valence-corrected chi connectivity index (χ1v) is 6.72. The number of halogens is 2. The van der Waals surface area contributed by atoms with Crippen molar-refractivity contribution in [1.29, 1.82) is 0 Å². The molecule has 0 heterocycles. The Bertz CT molecular complexity index is 32.9. The summed E-state index contributed by atoms with van der Waals surface area (Å²) in [6.45, 7) is 0. The van der Waals surface area contributed by atoms with Crippen LogP contribution in [-0.2, 0) is 0 Å². The van der Waals surface area contributed by atoms with Gasteiger partial charge in [-0.2, -0.15) is 0 Å². The van der Waals surface area contributed by atoms with Gasteiger partial charge in [0.05, 0.1) is 0 Å². The van der Waals surface area contributed by atoms with E-state index in [0.717, 1.165) is 11.0 Å². The number of hydrogen-bond acceptors (Lipinski definition) is 1. The van der Waals surface area contributed by atoms with E-state index in [1.165, 1.54) is 0 Å². The van der Waals surface area contributed by atoms with Crippen molar-refractivity contribution in [2.45, 2.75) is 0 Å². The zero-order chi connectivity index (χ0) is 5.54. The van der Waals surface area contributed by atoms with Crippen LogP contribution < -0.4 is 4.65 Å². The Morgan fingerprint density at radius 1 is 1.14 bits per heavy atom. The van der Waals surface area contributed by atoms with Crippen LogP contribution in [0.3, 0.4) is 0 Å². The maximum atomic E-state index is 5.42. The minimum atomic E-state index is -0.0966. The maximum absolute atomic E-state index is 5.42. The summed E-state index contributed by atoms with van der Waals surface area (Å²) in [7, 11) is -0.193. The molecule has 0 rings (SSSR count). The molecule has 0 aliphatic rings. The fourth-order valence-corrected chi connectivity index (χ4v) is 4.73. The molecule has 0 fully saturated rings. The van der Waals surface area contributed by atoms with Gasteiger partial charge in [0.15, 0.2) is 0 Å². The third-order valence-electron chi connectivity index (χ3n) is 0.543. The van der Waals surface area contributed by atoms with Crippen LogP contribution in [0, 0.1) is 0 Å². The molecule has 0 radical (unpaired) electrons. The van der Waals surface area contributed by atoms with Crippen molar-refractivity contribution in [2.24, 2.45) is 0 Å². The van der Waals surface area contributed by atoms with E-state index < -0.39 is 0 Å². The number of nitrogens with one attached hydrogen (secondary N) is 1. The van der Waals surface area contributed by atoms with Crippen molar-refractivity contribution in [3.8, 4) is 0 Å². The SMILES string of the molecule is ClC[SiH2]N[SiH2]CCl. The Kier molecular flexibility index (Phi) is 7.94. The summed E-state index contributed by atoms with van der Waals surface area (Å²) in [5.41, 5.74) is 1.67. The first-order chi connectivity index (χ1) is 3.41. The zero-order valence-electron chi connectivity index (χ0n) is 4.08. The summed E-state index contributed by atoms with van der Waals surface area (Å²) >= 11 is 10.8. The summed E-state index contributed by atoms with van der Waals surface area (Å²) in [5, 5.41) is 0. The highest BCUT2D eigenvalue weighted by Gasteiger charge is 1.81. The van der Waals surface area contributed by atoms with Gasteiger partial charge in [-0.05, 0) is 0 Å². The highest BCUT2D eigenvalue weighted by atomic mass is 35.5. The third-order valence-corrected chi connectivity index (χ3v) is 4.88. The zero-order valence-corrected chi connectivity index (χ0v) is 8.42. The second-order valence-electron chi connectivity index (χ2n) is 1.13. The van der Waals surface area contributed by atoms with Crippen LogP contribution in [0.25, 0.3) is 0 Å². The lowest BCUT2D eigenvalue weighted by atomic mass is 11.9. The molecule has 0 aliphatic carbocycles. The first-order valence-electron chi connectivity index (χ1n) is 2.24. The van der Waals surface area contributed by atoms with Gasteiger partial charge < -0.3 is 4.65 Å². The van der Waals surface area contributed by atoms with Crippen molar-refractivity contribution in [3.05, 3.63) is 0 Å². The van der Waals surface area contributed by atoms with Gasteiger partial charge >= 0.3 is 0 Å². The summed E-state index contributed by atoms with van der Waals surface area (Å²) in [5.74, 6) is 0. The van der Waals surface area contributed by atoms with Crippen LogP contribution in [-0.4, -0.2) is 30.4 Å². The Balaban J connectivity index is 2.45. The minimum absolute atomic E-state index is 0.0966. The fourth-order valence-electron chi connectivity index (χ4n) is 0.259. The molecular formula is C2H9Cl2NSi2. The summed E-state index contributed by atoms with van der Waals surface area (Å²) in [4.78, 5) is 0. The molecule has 44 valence electrons. The third kappa shape index (κ3) is 6.97. The molecule has 0 aromatic heterocycles. The van der Waals surface area contributed by atoms with Gasteiger partial charge in [0.1, 0.15) is 19.4 Å². The lowest BCUT2D eigenvalue weighted by Crippen LogP contribution is -2.26. The van der Waals surface area contributed by atoms with Gasteiger partial charge in [0.25, 0.3) is 0 Å². The fraction of sp³-hybridized carbons (Fsp3) is 1.00. The standard InChI is InChI=1S/C2H9Cl2NSi2/c3-1-6-5-7-2-4/h5H,1-2,6-7H2. The van der Waals surface area contributed by atoms with E-state index in [1.807, 2.05) is 0 Å². The topological polar surface area (TPSA) is 12.0 Å². The number of hydrogen-bond donors (Lipinski definition) is 1. The van der Waals surface area contributed by atoms with Crippen LogP contribution >= 0.6 is 23.2 Å². The lowest BCUT2D eigenvalue weighted by molar-refractivity contribution is 1.55. The lowest BCUT2D eigenvalue weighted by Gasteiger charge is -1.92. The van der Waals surface area contributed by atoms with Gasteiger partial charge in [0.2, 0.25) is 0 Å². The van der Waals surface area contributed by atoms with Crippen molar-refractivity contribution in [3.63, 3.8) is 0 Å². The molecular weight excluding hydrogens is 165 g/mol. The van der Waals surface area contributed by atoms with Crippen molar-refractivity contribution in [2.75, 3.05) is 11.0 Å². The largest absolute Gasteiger partial charge is 0.368 e. The van der Waals surface area contributed by atoms with Crippen molar-refractivity contribution in [1.82, 2.24) is 4.65 Å². The Labute approximate surface area is 58.6 Å². The molecule has 0 aromatic carbocycles. The monoisotopic (exact) mass is 173 g/mol. The number of alkyl halides is 2. The molecule has 7 heavy (non-hydrogen) atoms. The van der Waals surface area contributed by atoms with Gasteiger partial charge in [-0.1, -0.05) is 0 Å². The number of rotatable bonds is 4. The molecule has 0 unspecified atom stereocenters.